The predicted molar refractivity (Wildman–Crippen MR) is 59.6 cm³/mol. The van der Waals surface area contributed by atoms with E-state index in [0.717, 1.165) is 24.8 Å². The first kappa shape index (κ1) is 10.2. The van der Waals surface area contributed by atoms with E-state index in [1.807, 2.05) is 12.1 Å². The Kier molecular flexibility index (Phi) is 2.26. The lowest BCUT2D eigenvalue weighted by molar-refractivity contribution is 0.0850. The Morgan fingerprint density at radius 3 is 2.75 bits per heavy atom. The standard InChI is InChI=1S/C13H16FNO/c14-11-4-2-1-3-10(11)13(8-15)7-9-5-6-12(13)16-9/h1-4,9,12H,5-8,15H2. The largest absolute Gasteiger partial charge is 0.374 e. The molecule has 1 aromatic rings. The molecule has 2 heterocycles. The maximum absolute atomic E-state index is 13.9. The fourth-order valence-electron chi connectivity index (χ4n) is 3.27. The molecule has 1 aromatic carbocycles. The van der Waals surface area contributed by atoms with E-state index in [4.69, 9.17) is 10.5 Å². The number of hydrogen-bond acceptors (Lipinski definition) is 2. The number of ether oxygens (including phenoxy) is 1. The average Bonchev–Trinajstić information content (AvgIpc) is 2.90. The third kappa shape index (κ3) is 1.25. The Bertz CT molecular complexity index is 409. The van der Waals surface area contributed by atoms with Gasteiger partial charge in [0.2, 0.25) is 0 Å². The zero-order chi connectivity index (χ0) is 11.2. The second kappa shape index (κ2) is 3.54. The Balaban J connectivity index is 2.06. The van der Waals surface area contributed by atoms with Gasteiger partial charge in [0, 0.05) is 12.0 Å². The number of hydrogen-bond donors (Lipinski definition) is 1. The Morgan fingerprint density at radius 1 is 1.38 bits per heavy atom. The van der Waals surface area contributed by atoms with Gasteiger partial charge in [0.15, 0.2) is 0 Å². The topological polar surface area (TPSA) is 35.2 Å². The highest BCUT2D eigenvalue weighted by molar-refractivity contribution is 5.32. The van der Waals surface area contributed by atoms with Gasteiger partial charge in [0.25, 0.3) is 0 Å². The van der Waals surface area contributed by atoms with Crippen molar-refractivity contribution in [2.75, 3.05) is 6.54 Å². The van der Waals surface area contributed by atoms with E-state index in [2.05, 4.69) is 0 Å². The number of benzene rings is 1. The molecule has 86 valence electrons. The molecule has 0 aliphatic carbocycles. The third-order valence-electron chi connectivity index (χ3n) is 4.09. The highest BCUT2D eigenvalue weighted by Gasteiger charge is 2.53. The zero-order valence-electron chi connectivity index (χ0n) is 9.16. The second-order valence-electron chi connectivity index (χ2n) is 4.87. The first-order valence-corrected chi connectivity index (χ1v) is 5.87. The SMILES string of the molecule is NCC1(c2ccccc2F)CC2CCC1O2. The van der Waals surface area contributed by atoms with Gasteiger partial charge in [-0.2, -0.15) is 0 Å². The summed E-state index contributed by atoms with van der Waals surface area (Å²) in [5.74, 6) is -0.149. The van der Waals surface area contributed by atoms with Crippen LogP contribution in [0.2, 0.25) is 0 Å². The lowest BCUT2D eigenvalue weighted by Crippen LogP contribution is -2.44. The minimum atomic E-state index is -0.283. The summed E-state index contributed by atoms with van der Waals surface area (Å²) in [5, 5.41) is 0. The van der Waals surface area contributed by atoms with Crippen LogP contribution in [0.25, 0.3) is 0 Å². The Hall–Kier alpha value is -0.930. The molecule has 16 heavy (non-hydrogen) atoms. The first-order chi connectivity index (χ1) is 7.76. The van der Waals surface area contributed by atoms with Crippen LogP contribution in [0, 0.1) is 5.82 Å². The van der Waals surface area contributed by atoms with E-state index in [1.165, 1.54) is 6.07 Å². The molecular formula is C13H16FNO. The minimum absolute atomic E-state index is 0.111. The van der Waals surface area contributed by atoms with Crippen molar-refractivity contribution in [3.8, 4) is 0 Å². The maximum atomic E-state index is 13.9. The molecule has 2 nitrogen and oxygen atoms in total. The summed E-state index contributed by atoms with van der Waals surface area (Å²) in [4.78, 5) is 0. The molecule has 2 fully saturated rings. The van der Waals surface area contributed by atoms with Crippen molar-refractivity contribution in [2.24, 2.45) is 5.73 Å². The second-order valence-corrected chi connectivity index (χ2v) is 4.87. The van der Waals surface area contributed by atoms with Crippen molar-refractivity contribution in [2.45, 2.75) is 36.9 Å². The Morgan fingerprint density at radius 2 is 2.19 bits per heavy atom. The predicted octanol–water partition coefficient (Wildman–Crippen LogP) is 1.97. The van der Waals surface area contributed by atoms with Crippen molar-refractivity contribution < 1.29 is 9.13 Å². The maximum Gasteiger partial charge on any atom is 0.127 e. The molecule has 3 heteroatoms. The van der Waals surface area contributed by atoms with Gasteiger partial charge in [-0.3, -0.25) is 0 Å². The van der Waals surface area contributed by atoms with Crippen molar-refractivity contribution in [1.82, 2.24) is 0 Å². The monoisotopic (exact) mass is 221 g/mol. The summed E-state index contributed by atoms with van der Waals surface area (Å²) < 4.78 is 19.7. The quantitative estimate of drug-likeness (QED) is 0.828. The van der Waals surface area contributed by atoms with Gasteiger partial charge >= 0.3 is 0 Å². The van der Waals surface area contributed by atoms with Crippen molar-refractivity contribution in [1.29, 1.82) is 0 Å². The van der Waals surface area contributed by atoms with Gasteiger partial charge in [-0.1, -0.05) is 18.2 Å². The van der Waals surface area contributed by atoms with Crippen LogP contribution in [0.3, 0.4) is 0 Å². The summed E-state index contributed by atoms with van der Waals surface area (Å²) in [7, 11) is 0. The van der Waals surface area contributed by atoms with Crippen molar-refractivity contribution >= 4 is 0 Å². The van der Waals surface area contributed by atoms with E-state index >= 15 is 0 Å². The van der Waals surface area contributed by atoms with Crippen LogP contribution in [-0.2, 0) is 10.2 Å². The smallest absolute Gasteiger partial charge is 0.127 e. The fraction of sp³-hybridized carbons (Fsp3) is 0.538. The molecule has 0 aromatic heterocycles. The van der Waals surface area contributed by atoms with E-state index in [1.54, 1.807) is 6.07 Å². The van der Waals surface area contributed by atoms with Crippen LogP contribution in [0.1, 0.15) is 24.8 Å². The molecule has 3 rings (SSSR count). The number of halogens is 1. The third-order valence-corrected chi connectivity index (χ3v) is 4.09. The van der Waals surface area contributed by atoms with Crippen LogP contribution in [0.4, 0.5) is 4.39 Å². The molecule has 2 bridgehead atoms. The first-order valence-electron chi connectivity index (χ1n) is 5.87. The van der Waals surface area contributed by atoms with Gasteiger partial charge in [-0.15, -0.1) is 0 Å². The molecular weight excluding hydrogens is 205 g/mol. The summed E-state index contributed by atoms with van der Waals surface area (Å²) in [5.41, 5.74) is 6.37. The molecule has 3 unspecified atom stereocenters. The van der Waals surface area contributed by atoms with Crippen molar-refractivity contribution in [3.63, 3.8) is 0 Å². The average molecular weight is 221 g/mol. The minimum Gasteiger partial charge on any atom is -0.374 e. The van der Waals surface area contributed by atoms with Gasteiger partial charge in [-0.05, 0) is 30.9 Å². The molecule has 2 aliphatic heterocycles. The molecule has 0 saturated carbocycles. The lowest BCUT2D eigenvalue weighted by Gasteiger charge is -2.34. The highest BCUT2D eigenvalue weighted by atomic mass is 19.1. The summed E-state index contributed by atoms with van der Waals surface area (Å²) in [6.07, 6.45) is 3.37. The van der Waals surface area contributed by atoms with Gasteiger partial charge < -0.3 is 10.5 Å². The molecule has 2 saturated heterocycles. The van der Waals surface area contributed by atoms with Crippen molar-refractivity contribution in [3.05, 3.63) is 35.6 Å². The normalized spacial score (nSPS) is 36.9. The molecule has 3 atom stereocenters. The van der Waals surface area contributed by atoms with Crippen LogP contribution in [0.5, 0.6) is 0 Å². The van der Waals surface area contributed by atoms with E-state index < -0.39 is 0 Å². The summed E-state index contributed by atoms with van der Waals surface area (Å²) in [6, 6.07) is 6.96. The zero-order valence-corrected chi connectivity index (χ0v) is 9.16. The van der Waals surface area contributed by atoms with Crippen LogP contribution in [0.15, 0.2) is 24.3 Å². The van der Waals surface area contributed by atoms with E-state index in [-0.39, 0.29) is 23.4 Å². The van der Waals surface area contributed by atoms with Gasteiger partial charge in [0.05, 0.1) is 12.2 Å². The fourth-order valence-corrected chi connectivity index (χ4v) is 3.27. The molecule has 0 radical (unpaired) electrons. The Labute approximate surface area is 94.6 Å². The summed E-state index contributed by atoms with van der Waals surface area (Å²) >= 11 is 0. The number of fused-ring (bicyclic) bond motifs is 2. The molecule has 2 N–H and O–H groups in total. The van der Waals surface area contributed by atoms with Crippen LogP contribution in [-0.4, -0.2) is 18.8 Å². The molecule has 0 spiro atoms. The number of nitrogens with two attached hydrogens (primary N) is 1. The van der Waals surface area contributed by atoms with E-state index in [0.29, 0.717) is 6.54 Å². The van der Waals surface area contributed by atoms with Crippen LogP contribution < -0.4 is 5.73 Å². The summed E-state index contributed by atoms with van der Waals surface area (Å²) in [6.45, 7) is 0.467. The van der Waals surface area contributed by atoms with E-state index in [9.17, 15) is 4.39 Å². The molecule has 2 aliphatic rings. The van der Waals surface area contributed by atoms with Crippen LogP contribution >= 0.6 is 0 Å². The van der Waals surface area contributed by atoms with Gasteiger partial charge in [0.1, 0.15) is 5.82 Å². The highest BCUT2D eigenvalue weighted by Crippen LogP contribution is 2.49. The number of rotatable bonds is 2. The van der Waals surface area contributed by atoms with Gasteiger partial charge in [-0.25, -0.2) is 4.39 Å². The lowest BCUT2D eigenvalue weighted by atomic mass is 9.69. The molecule has 0 amide bonds.